The van der Waals surface area contributed by atoms with Gasteiger partial charge in [0.15, 0.2) is 0 Å². The van der Waals surface area contributed by atoms with Crippen LogP contribution in [0.15, 0.2) is 0 Å². The zero-order chi connectivity index (χ0) is 2.71. The molecule has 0 atom stereocenters. The van der Waals surface area contributed by atoms with Crippen molar-refractivity contribution in [1.29, 1.82) is 5.26 Å². The molecule has 0 saturated carbocycles. The number of hydrogen-bond acceptors (Lipinski definition) is 3. The summed E-state index contributed by atoms with van der Waals surface area (Å²) in [7, 11) is 0. The minimum atomic E-state index is 0. The third-order valence-corrected chi connectivity index (χ3v) is 0. The predicted molar refractivity (Wildman–Crippen MR) is 26.9 cm³/mol. The lowest BCUT2D eigenvalue weighted by Gasteiger charge is -1.14. The van der Waals surface area contributed by atoms with Crippen LogP contribution in [0.2, 0.25) is 0 Å². The molecule has 0 radical (unpaired) electrons. The Balaban J connectivity index is -0.0000000200. The third-order valence-electron chi connectivity index (χ3n) is 0. The molecule has 2 nitrogen and oxygen atoms in total. The Labute approximate surface area is 42.6 Å². The van der Waals surface area contributed by atoms with Gasteiger partial charge in [0.1, 0.15) is 5.40 Å². The van der Waals surface area contributed by atoms with Crippen molar-refractivity contribution in [2.75, 3.05) is 0 Å². The van der Waals surface area contributed by atoms with Crippen molar-refractivity contribution in [2.24, 2.45) is 0 Å². The summed E-state index contributed by atoms with van der Waals surface area (Å²) in [4.78, 5) is 0. The number of rotatable bonds is 0. The summed E-state index contributed by atoms with van der Waals surface area (Å²) >= 11 is 3.09. The molecule has 0 heterocycles. The van der Waals surface area contributed by atoms with E-state index >= 15 is 0 Å². The molecule has 0 unspecified atom stereocenters. The summed E-state index contributed by atoms with van der Waals surface area (Å²) in [5.41, 5.74) is 0. The molecule has 0 saturated heterocycles. The lowest BCUT2D eigenvalue weighted by atomic mass is 11.8. The normalized spacial score (nSPS) is 1.60. The fourth-order valence-corrected chi connectivity index (χ4v) is 0. The smallest absolute Gasteiger partial charge is 0.130 e. The van der Waals surface area contributed by atoms with Crippen molar-refractivity contribution in [3.63, 3.8) is 0 Å². The van der Waals surface area contributed by atoms with Gasteiger partial charge in [-0.3, -0.25) is 0 Å². The number of thiol groups is 1. The molecule has 0 aromatic carbocycles. The molecule has 5 heavy (non-hydrogen) atoms. The van der Waals surface area contributed by atoms with Crippen LogP contribution in [-0.2, 0) is 0 Å². The summed E-state index contributed by atoms with van der Waals surface area (Å²) in [6, 6.07) is 0. The van der Waals surface area contributed by atoms with Crippen molar-refractivity contribution in [3.8, 4) is 5.40 Å². The molecule has 0 bridgehead atoms. The average molecular weight is 113 g/mol. The molecule has 0 amide bonds. The maximum Gasteiger partial charge on any atom is 0.130 e. The fraction of sp³-hybridized carbons (Fsp3) is 0. The van der Waals surface area contributed by atoms with Gasteiger partial charge in [0.05, 0.1) is 0 Å². The van der Waals surface area contributed by atoms with Crippen molar-refractivity contribution in [1.82, 2.24) is 6.15 Å². The zero-order valence-electron chi connectivity index (χ0n) is 2.51. The fourth-order valence-electron chi connectivity index (χ4n) is 0. The van der Waals surface area contributed by atoms with E-state index in [0.717, 1.165) is 0 Å². The monoisotopic (exact) mass is 112 g/mol. The maximum atomic E-state index is 7.18. The van der Waals surface area contributed by atoms with Crippen LogP contribution in [0.25, 0.3) is 0 Å². The molecule has 0 aromatic rings. The Morgan fingerprint density at radius 3 is 1.60 bits per heavy atom. The second kappa shape index (κ2) is 32.9. The molecular formula is CH5ClN2S. The van der Waals surface area contributed by atoms with Crippen LogP contribution in [0.4, 0.5) is 0 Å². The second-order valence-electron chi connectivity index (χ2n) is 0.100. The zero-order valence-corrected chi connectivity index (χ0v) is 4.22. The van der Waals surface area contributed by atoms with E-state index in [1.807, 2.05) is 0 Å². The first-order valence-corrected chi connectivity index (χ1v) is 0.894. The summed E-state index contributed by atoms with van der Waals surface area (Å²) in [5.74, 6) is 0. The molecule has 3 N–H and O–H groups in total. The van der Waals surface area contributed by atoms with Crippen LogP contribution < -0.4 is 6.15 Å². The van der Waals surface area contributed by atoms with E-state index in [1.54, 1.807) is 0 Å². The Hall–Kier alpha value is 0.0900. The number of hydrogen-bond donors (Lipinski definition) is 2. The largest absolute Gasteiger partial charge is 0.344 e. The molecular weight excluding hydrogens is 108 g/mol. The first-order valence-electron chi connectivity index (χ1n) is 0.447. The first-order chi connectivity index (χ1) is 1.41. The van der Waals surface area contributed by atoms with Crippen LogP contribution in [-0.4, -0.2) is 0 Å². The molecule has 32 valence electrons. The Morgan fingerprint density at radius 2 is 1.60 bits per heavy atom. The van der Waals surface area contributed by atoms with Gasteiger partial charge in [-0.1, -0.05) is 12.6 Å². The molecule has 0 spiro atoms. The quantitative estimate of drug-likeness (QED) is 0.363. The van der Waals surface area contributed by atoms with E-state index in [-0.39, 0.29) is 18.6 Å². The Morgan fingerprint density at radius 1 is 1.60 bits per heavy atom. The summed E-state index contributed by atoms with van der Waals surface area (Å²) in [5, 5.41) is 8.63. The summed E-state index contributed by atoms with van der Waals surface area (Å²) in [6.45, 7) is 0. The highest BCUT2D eigenvalue weighted by Crippen LogP contribution is 1.46. The molecule has 0 rings (SSSR count). The van der Waals surface area contributed by atoms with Gasteiger partial charge in [-0.15, -0.1) is 12.4 Å². The van der Waals surface area contributed by atoms with E-state index in [1.165, 1.54) is 5.40 Å². The summed E-state index contributed by atoms with van der Waals surface area (Å²) < 4.78 is 0. The lowest BCUT2D eigenvalue weighted by Crippen LogP contribution is -0.961. The topological polar surface area (TPSA) is 58.8 Å². The SMILES string of the molecule is Cl.N.N#CS. The van der Waals surface area contributed by atoms with Crippen molar-refractivity contribution >= 4 is 25.0 Å². The molecule has 0 aliphatic rings. The van der Waals surface area contributed by atoms with Gasteiger partial charge in [0.25, 0.3) is 0 Å². The van der Waals surface area contributed by atoms with E-state index in [9.17, 15) is 0 Å². The van der Waals surface area contributed by atoms with Crippen LogP contribution in [0, 0.1) is 10.7 Å². The minimum Gasteiger partial charge on any atom is -0.344 e. The lowest BCUT2D eigenvalue weighted by molar-refractivity contribution is 1.57. The van der Waals surface area contributed by atoms with Crippen molar-refractivity contribution in [3.05, 3.63) is 0 Å². The van der Waals surface area contributed by atoms with Gasteiger partial charge < -0.3 is 6.15 Å². The van der Waals surface area contributed by atoms with Crippen molar-refractivity contribution in [2.45, 2.75) is 0 Å². The van der Waals surface area contributed by atoms with Gasteiger partial charge in [0, 0.05) is 0 Å². The van der Waals surface area contributed by atoms with E-state index in [2.05, 4.69) is 12.6 Å². The first kappa shape index (κ1) is 19.5. The molecule has 0 aromatic heterocycles. The van der Waals surface area contributed by atoms with Crippen LogP contribution in [0.1, 0.15) is 0 Å². The van der Waals surface area contributed by atoms with Gasteiger partial charge in [-0.2, -0.15) is 5.26 Å². The van der Waals surface area contributed by atoms with E-state index < -0.39 is 0 Å². The van der Waals surface area contributed by atoms with E-state index in [0.29, 0.717) is 0 Å². The highest BCUT2D eigenvalue weighted by Gasteiger charge is 1.18. The van der Waals surface area contributed by atoms with Crippen LogP contribution >= 0.6 is 25.0 Å². The van der Waals surface area contributed by atoms with Gasteiger partial charge in [-0.05, 0) is 0 Å². The standard InChI is InChI=1S/CHNS.ClH.H3N/c2-1-3;;/h3H;1H;1H3. The highest BCUT2D eigenvalue weighted by atomic mass is 35.5. The molecule has 0 aliphatic heterocycles. The van der Waals surface area contributed by atoms with E-state index in [4.69, 9.17) is 5.26 Å². The predicted octanol–water partition coefficient (Wildman–Crippen LogP) is 0.981. The van der Waals surface area contributed by atoms with Crippen LogP contribution in [0.5, 0.6) is 0 Å². The van der Waals surface area contributed by atoms with Crippen LogP contribution in [0.3, 0.4) is 0 Å². The second-order valence-corrected chi connectivity index (χ2v) is 0.300. The number of nitriles is 1. The maximum absolute atomic E-state index is 7.18. The third kappa shape index (κ3) is 2210. The molecule has 4 heteroatoms. The number of nitrogens with zero attached hydrogens (tertiary/aromatic N) is 1. The average Bonchev–Trinajstić information content (AvgIpc) is 0.918. The Kier molecular flexibility index (Phi) is 128. The number of thiocyanates is 1. The van der Waals surface area contributed by atoms with Crippen molar-refractivity contribution < 1.29 is 0 Å². The van der Waals surface area contributed by atoms with Gasteiger partial charge >= 0.3 is 0 Å². The summed E-state index contributed by atoms with van der Waals surface area (Å²) in [6.07, 6.45) is 0. The minimum absolute atomic E-state index is 0. The van der Waals surface area contributed by atoms with Gasteiger partial charge in [0.2, 0.25) is 0 Å². The number of halogens is 1. The Bertz CT molecular complexity index is 31.1. The highest BCUT2D eigenvalue weighted by molar-refractivity contribution is 7.85. The molecule has 0 aliphatic carbocycles. The van der Waals surface area contributed by atoms with Gasteiger partial charge in [-0.25, -0.2) is 0 Å². The molecule has 0 fully saturated rings.